The van der Waals surface area contributed by atoms with Gasteiger partial charge in [-0.2, -0.15) is 0 Å². The average Bonchev–Trinajstić information content (AvgIpc) is 3.44. The number of esters is 3. The number of allylic oxidation sites excluding steroid dienone is 22. The number of hydrogen-bond donors (Lipinski definition) is 0. The molecule has 0 fully saturated rings. The molecule has 0 bridgehead atoms. The number of carbonyl (C=O) groups is 3. The second-order valence-corrected chi connectivity index (χ2v) is 20.9. The van der Waals surface area contributed by atoms with Crippen molar-refractivity contribution in [2.24, 2.45) is 0 Å². The van der Waals surface area contributed by atoms with E-state index in [1.807, 2.05) is 0 Å². The van der Waals surface area contributed by atoms with Gasteiger partial charge in [0.05, 0.1) is 0 Å². The van der Waals surface area contributed by atoms with Crippen molar-refractivity contribution >= 4 is 17.9 Å². The Labute approximate surface area is 481 Å². The first kappa shape index (κ1) is 73.5. The molecule has 0 aromatic rings. The molecular formula is C72H118O6. The van der Waals surface area contributed by atoms with E-state index in [-0.39, 0.29) is 31.1 Å². The minimum atomic E-state index is -0.788. The van der Waals surface area contributed by atoms with Crippen molar-refractivity contribution in [2.45, 2.75) is 290 Å². The van der Waals surface area contributed by atoms with Crippen LogP contribution in [0.5, 0.6) is 0 Å². The van der Waals surface area contributed by atoms with E-state index in [2.05, 4.69) is 154 Å². The molecule has 6 nitrogen and oxygen atoms in total. The third-order valence-electron chi connectivity index (χ3n) is 13.4. The lowest BCUT2D eigenvalue weighted by molar-refractivity contribution is -0.167. The SMILES string of the molecule is CC/C=C\C/C=C\C/C=C\C/C=C\C/C=C\C/C=C\CCCCCCCCC(=O)OC(COC(=O)CCCCCCCC)COC(=O)CCCCCCCCCCCCCCC/C=C\C/C=C\C/C=C\C/C=C\C/C=C\CC. The van der Waals surface area contributed by atoms with Crippen LogP contribution in [0, 0.1) is 0 Å². The lowest BCUT2D eigenvalue weighted by Gasteiger charge is -2.18. The average molecular weight is 1080 g/mol. The Kier molecular flexibility index (Phi) is 61.4. The summed E-state index contributed by atoms with van der Waals surface area (Å²) >= 11 is 0. The molecule has 0 spiro atoms. The Balaban J connectivity index is 4.13. The third-order valence-corrected chi connectivity index (χ3v) is 13.4. The predicted octanol–water partition coefficient (Wildman–Crippen LogP) is 22.2. The van der Waals surface area contributed by atoms with E-state index < -0.39 is 6.10 Å². The maximum absolute atomic E-state index is 12.9. The van der Waals surface area contributed by atoms with Gasteiger partial charge in [0.1, 0.15) is 13.2 Å². The van der Waals surface area contributed by atoms with Gasteiger partial charge in [-0.25, -0.2) is 0 Å². The van der Waals surface area contributed by atoms with E-state index in [1.54, 1.807) is 0 Å². The highest BCUT2D eigenvalue weighted by molar-refractivity contribution is 5.71. The molecule has 0 aromatic heterocycles. The van der Waals surface area contributed by atoms with Crippen LogP contribution in [0.4, 0.5) is 0 Å². The molecule has 1 unspecified atom stereocenters. The Bertz CT molecular complexity index is 1670. The highest BCUT2D eigenvalue weighted by Gasteiger charge is 2.19. The van der Waals surface area contributed by atoms with E-state index in [9.17, 15) is 14.4 Å². The van der Waals surface area contributed by atoms with Gasteiger partial charge in [0.25, 0.3) is 0 Å². The third kappa shape index (κ3) is 62.4. The molecule has 0 rings (SSSR count). The van der Waals surface area contributed by atoms with Crippen molar-refractivity contribution in [3.05, 3.63) is 134 Å². The molecule has 6 heteroatoms. The molecule has 0 radical (unpaired) electrons. The summed E-state index contributed by atoms with van der Waals surface area (Å²) in [6.45, 7) is 6.35. The zero-order valence-electron chi connectivity index (χ0n) is 50.6. The second-order valence-electron chi connectivity index (χ2n) is 20.9. The van der Waals surface area contributed by atoms with E-state index in [4.69, 9.17) is 14.2 Å². The summed E-state index contributed by atoms with van der Waals surface area (Å²) in [6.07, 6.45) is 92.1. The second kappa shape index (κ2) is 65.1. The molecule has 0 heterocycles. The summed E-state index contributed by atoms with van der Waals surface area (Å²) in [5, 5.41) is 0. The molecule has 0 aliphatic rings. The normalized spacial score (nSPS) is 13.0. The van der Waals surface area contributed by atoms with Crippen LogP contribution in [0.3, 0.4) is 0 Å². The first-order chi connectivity index (χ1) is 38.5. The molecule has 0 aliphatic heterocycles. The number of ether oxygens (including phenoxy) is 3. The molecule has 0 aromatic carbocycles. The first-order valence-corrected chi connectivity index (χ1v) is 32.2. The number of unbranched alkanes of at least 4 members (excludes halogenated alkanes) is 24. The number of rotatable bonds is 57. The number of carbonyl (C=O) groups excluding carboxylic acids is 3. The molecule has 442 valence electrons. The van der Waals surface area contributed by atoms with Gasteiger partial charge < -0.3 is 14.2 Å². The molecular weight excluding hydrogens is 961 g/mol. The molecule has 0 N–H and O–H groups in total. The zero-order chi connectivity index (χ0) is 56.4. The summed E-state index contributed by atoms with van der Waals surface area (Å²) < 4.78 is 16.8. The maximum Gasteiger partial charge on any atom is 0.306 e. The van der Waals surface area contributed by atoms with Gasteiger partial charge >= 0.3 is 17.9 Å². The van der Waals surface area contributed by atoms with Gasteiger partial charge in [0.15, 0.2) is 6.10 Å². The van der Waals surface area contributed by atoms with Crippen LogP contribution in [-0.2, 0) is 28.6 Å². The van der Waals surface area contributed by atoms with Gasteiger partial charge in [-0.3, -0.25) is 14.4 Å². The van der Waals surface area contributed by atoms with Gasteiger partial charge in [-0.15, -0.1) is 0 Å². The van der Waals surface area contributed by atoms with E-state index in [0.717, 1.165) is 141 Å². The first-order valence-electron chi connectivity index (χ1n) is 32.2. The van der Waals surface area contributed by atoms with Gasteiger partial charge in [-0.1, -0.05) is 283 Å². The lowest BCUT2D eigenvalue weighted by Crippen LogP contribution is -2.30. The van der Waals surface area contributed by atoms with Crippen LogP contribution >= 0.6 is 0 Å². The van der Waals surface area contributed by atoms with E-state index >= 15 is 0 Å². The quantitative estimate of drug-likeness (QED) is 0.0261. The monoisotopic (exact) mass is 1080 g/mol. The molecule has 1 atom stereocenters. The van der Waals surface area contributed by atoms with Crippen molar-refractivity contribution < 1.29 is 28.6 Å². The van der Waals surface area contributed by atoms with E-state index in [0.29, 0.717) is 19.3 Å². The van der Waals surface area contributed by atoms with Crippen molar-refractivity contribution in [1.29, 1.82) is 0 Å². The Morgan fingerprint density at radius 3 is 0.782 bits per heavy atom. The molecule has 0 aliphatic carbocycles. The topological polar surface area (TPSA) is 78.9 Å². The fourth-order valence-electron chi connectivity index (χ4n) is 8.65. The van der Waals surface area contributed by atoms with Crippen LogP contribution in [0.15, 0.2) is 134 Å². The molecule has 0 amide bonds. The summed E-state index contributed by atoms with van der Waals surface area (Å²) in [7, 11) is 0. The maximum atomic E-state index is 12.9. The van der Waals surface area contributed by atoms with E-state index in [1.165, 1.54) is 103 Å². The fraction of sp³-hybridized carbons (Fsp3) is 0.653. The molecule has 0 saturated heterocycles. The summed E-state index contributed by atoms with van der Waals surface area (Å²) in [5.41, 5.74) is 0. The summed E-state index contributed by atoms with van der Waals surface area (Å²) in [6, 6.07) is 0. The van der Waals surface area contributed by atoms with Crippen LogP contribution in [-0.4, -0.2) is 37.2 Å². The minimum absolute atomic E-state index is 0.0864. The Morgan fingerprint density at radius 2 is 0.500 bits per heavy atom. The van der Waals surface area contributed by atoms with Crippen LogP contribution in [0.2, 0.25) is 0 Å². The predicted molar refractivity (Wildman–Crippen MR) is 339 cm³/mol. The summed E-state index contributed by atoms with van der Waals surface area (Å²) in [5.74, 6) is -0.910. The summed E-state index contributed by atoms with van der Waals surface area (Å²) in [4.78, 5) is 38.0. The Hall–Kier alpha value is -4.45. The lowest BCUT2D eigenvalue weighted by atomic mass is 10.0. The smallest absolute Gasteiger partial charge is 0.306 e. The van der Waals surface area contributed by atoms with Crippen LogP contribution in [0.25, 0.3) is 0 Å². The van der Waals surface area contributed by atoms with Crippen molar-refractivity contribution in [3.63, 3.8) is 0 Å². The Morgan fingerprint density at radius 1 is 0.269 bits per heavy atom. The highest BCUT2D eigenvalue weighted by Crippen LogP contribution is 2.16. The largest absolute Gasteiger partial charge is 0.462 e. The van der Waals surface area contributed by atoms with Gasteiger partial charge in [0, 0.05) is 19.3 Å². The van der Waals surface area contributed by atoms with Gasteiger partial charge in [0.2, 0.25) is 0 Å². The molecule has 78 heavy (non-hydrogen) atoms. The van der Waals surface area contributed by atoms with Crippen molar-refractivity contribution in [2.75, 3.05) is 13.2 Å². The minimum Gasteiger partial charge on any atom is -0.462 e. The standard InChI is InChI=1S/C72H118O6/c1-4-7-10-13-16-18-20-22-24-26-28-30-32-34-35-36-37-39-40-42-44-46-48-50-52-54-56-59-62-65-71(74)77-68-69(67-76-70(73)64-61-58-15-12-9-6-3)78-72(75)66-63-60-57-55-53-51-49-47-45-43-41-38-33-31-29-27-25-23-21-19-17-14-11-8-5-2/h7-8,10-11,16-19,22-25,28-31,34-35,38,41,45,47,69H,4-6,9,12-15,20-21,26-27,32-33,36-37,39-40,42-44,46,48-68H2,1-3H3/b10-7-,11-8-,18-16-,19-17-,24-22-,25-23-,30-28-,31-29-,35-34-,41-38-,47-45-. The van der Waals surface area contributed by atoms with Crippen LogP contribution < -0.4 is 0 Å². The van der Waals surface area contributed by atoms with Crippen LogP contribution in [0.1, 0.15) is 284 Å². The molecule has 0 saturated carbocycles. The van der Waals surface area contributed by atoms with Gasteiger partial charge in [-0.05, 0) is 116 Å². The zero-order valence-corrected chi connectivity index (χ0v) is 50.6. The number of hydrogen-bond acceptors (Lipinski definition) is 6. The van der Waals surface area contributed by atoms with Crippen molar-refractivity contribution in [1.82, 2.24) is 0 Å². The fourth-order valence-corrected chi connectivity index (χ4v) is 8.65. The highest BCUT2D eigenvalue weighted by atomic mass is 16.6. The van der Waals surface area contributed by atoms with Crippen molar-refractivity contribution in [3.8, 4) is 0 Å².